The molecule has 2 aromatic carbocycles. The van der Waals surface area contributed by atoms with E-state index in [1.807, 2.05) is 24.3 Å². The average molecular weight is 465 g/mol. The number of hydrogen-bond acceptors (Lipinski definition) is 5. The number of carbonyl (C=O) groups is 1. The maximum atomic E-state index is 12.8. The van der Waals surface area contributed by atoms with E-state index in [0.29, 0.717) is 12.3 Å². The summed E-state index contributed by atoms with van der Waals surface area (Å²) < 4.78 is 1.19. The van der Waals surface area contributed by atoms with Crippen molar-refractivity contribution < 1.29 is 4.79 Å². The van der Waals surface area contributed by atoms with Crippen molar-refractivity contribution in [2.45, 2.75) is 37.5 Å². The van der Waals surface area contributed by atoms with Crippen molar-refractivity contribution in [1.29, 1.82) is 0 Å². The lowest BCUT2D eigenvalue weighted by Gasteiger charge is -2.18. The molecule has 0 unspecified atom stereocenters. The second kappa shape index (κ2) is 9.15. The van der Waals surface area contributed by atoms with Crippen LogP contribution in [0.2, 0.25) is 0 Å². The molecular weight excluding hydrogens is 440 g/mol. The molecule has 5 rings (SSSR count). The molecule has 0 spiro atoms. The predicted octanol–water partition coefficient (Wildman–Crippen LogP) is 7.27. The Morgan fingerprint density at radius 2 is 1.94 bits per heavy atom. The van der Waals surface area contributed by atoms with Crippen molar-refractivity contribution in [3.05, 3.63) is 65.0 Å². The summed E-state index contributed by atoms with van der Waals surface area (Å²) in [5.41, 5.74) is 3.59. The lowest BCUT2D eigenvalue weighted by Crippen LogP contribution is -2.12. The number of nitrogens with one attached hydrogen (secondary N) is 1. The number of aromatic nitrogens is 1. The summed E-state index contributed by atoms with van der Waals surface area (Å²) in [5.74, 6) is 1.55. The number of hydrogen-bond donors (Lipinski definition) is 1. The molecular formula is C25H24N2OS3. The first kappa shape index (κ1) is 20.7. The molecule has 2 heterocycles. The van der Waals surface area contributed by atoms with Gasteiger partial charge in [0, 0.05) is 27.5 Å². The summed E-state index contributed by atoms with van der Waals surface area (Å²) in [7, 11) is 0. The van der Waals surface area contributed by atoms with E-state index in [1.165, 1.54) is 26.5 Å². The van der Waals surface area contributed by atoms with Crippen LogP contribution in [0, 0.1) is 5.92 Å². The van der Waals surface area contributed by atoms with E-state index in [0.717, 1.165) is 39.7 Å². The van der Waals surface area contributed by atoms with Crippen LogP contribution in [0.4, 0.5) is 5.00 Å². The third-order valence-electron chi connectivity index (χ3n) is 5.61. The van der Waals surface area contributed by atoms with Crippen molar-refractivity contribution >= 4 is 55.6 Å². The second-order valence-corrected chi connectivity index (χ2v) is 11.3. The molecule has 0 fully saturated rings. The van der Waals surface area contributed by atoms with Gasteiger partial charge in [0.05, 0.1) is 10.2 Å². The summed E-state index contributed by atoms with van der Waals surface area (Å²) in [6.07, 6.45) is 3.86. The number of thioether (sulfide) groups is 1. The molecule has 3 nitrogen and oxygen atoms in total. The lowest BCUT2D eigenvalue weighted by molar-refractivity contribution is -0.115. The Hall–Kier alpha value is -2.15. The minimum Gasteiger partial charge on any atom is -0.317 e. The van der Waals surface area contributed by atoms with Crippen LogP contribution in [-0.4, -0.2) is 16.6 Å². The first-order chi connectivity index (χ1) is 15.2. The normalized spacial score (nSPS) is 15.7. The fourth-order valence-electron chi connectivity index (χ4n) is 4.01. The molecule has 4 aromatic rings. The molecule has 1 amide bonds. The minimum atomic E-state index is 0.0810. The highest BCUT2D eigenvalue weighted by molar-refractivity contribution is 7.99. The Bertz CT molecular complexity index is 1180. The number of amides is 1. The summed E-state index contributed by atoms with van der Waals surface area (Å²) in [6.45, 7) is 2.32. The van der Waals surface area contributed by atoms with Gasteiger partial charge in [-0.05, 0) is 55.0 Å². The van der Waals surface area contributed by atoms with Crippen molar-refractivity contribution in [3.8, 4) is 10.6 Å². The van der Waals surface area contributed by atoms with Gasteiger partial charge in [-0.2, -0.15) is 0 Å². The first-order valence-corrected chi connectivity index (χ1v) is 13.3. The van der Waals surface area contributed by atoms with Crippen molar-refractivity contribution in [2.75, 3.05) is 11.1 Å². The fourth-order valence-corrected chi connectivity index (χ4v) is 7.42. The molecule has 0 aliphatic heterocycles. The predicted molar refractivity (Wildman–Crippen MR) is 135 cm³/mol. The molecule has 6 heteroatoms. The number of para-hydroxylation sites is 1. The Morgan fingerprint density at radius 3 is 2.77 bits per heavy atom. The zero-order valence-corrected chi connectivity index (χ0v) is 19.8. The van der Waals surface area contributed by atoms with Crippen LogP contribution in [0.3, 0.4) is 0 Å². The van der Waals surface area contributed by atoms with E-state index >= 15 is 0 Å². The van der Waals surface area contributed by atoms with Crippen LogP contribution in [0.15, 0.2) is 59.5 Å². The van der Waals surface area contributed by atoms with Gasteiger partial charge in [0.15, 0.2) is 0 Å². The first-order valence-electron chi connectivity index (χ1n) is 10.7. The van der Waals surface area contributed by atoms with Gasteiger partial charge in [0.25, 0.3) is 0 Å². The van der Waals surface area contributed by atoms with E-state index in [9.17, 15) is 4.79 Å². The summed E-state index contributed by atoms with van der Waals surface area (Å²) >= 11 is 5.20. The Morgan fingerprint density at radius 1 is 1.13 bits per heavy atom. The van der Waals surface area contributed by atoms with E-state index in [2.05, 4.69) is 42.6 Å². The quantitative estimate of drug-likeness (QED) is 0.305. The number of nitrogens with zero attached hydrogens (tertiary/aromatic N) is 1. The number of carbonyl (C=O) groups excluding carboxylic acids is 1. The molecule has 0 saturated carbocycles. The molecule has 158 valence electrons. The smallest absolute Gasteiger partial charge is 0.225 e. The molecule has 0 saturated heterocycles. The van der Waals surface area contributed by atoms with Crippen molar-refractivity contribution in [2.24, 2.45) is 5.92 Å². The zero-order valence-electron chi connectivity index (χ0n) is 17.4. The van der Waals surface area contributed by atoms with E-state index in [-0.39, 0.29) is 5.91 Å². The Labute approximate surface area is 194 Å². The lowest BCUT2D eigenvalue weighted by atomic mass is 9.88. The monoisotopic (exact) mass is 464 g/mol. The van der Waals surface area contributed by atoms with Crippen molar-refractivity contribution in [3.63, 3.8) is 0 Å². The van der Waals surface area contributed by atoms with Crippen LogP contribution < -0.4 is 5.32 Å². The average Bonchev–Trinajstić information content (AvgIpc) is 3.34. The van der Waals surface area contributed by atoms with Gasteiger partial charge in [-0.1, -0.05) is 37.3 Å². The Balaban J connectivity index is 1.39. The van der Waals surface area contributed by atoms with Crippen LogP contribution in [0.1, 0.15) is 30.2 Å². The molecule has 31 heavy (non-hydrogen) atoms. The number of thiazole rings is 1. The highest BCUT2D eigenvalue weighted by Gasteiger charge is 2.27. The fraction of sp³-hybridized carbons (Fsp3) is 0.280. The van der Waals surface area contributed by atoms with Gasteiger partial charge >= 0.3 is 0 Å². The maximum absolute atomic E-state index is 12.8. The van der Waals surface area contributed by atoms with Gasteiger partial charge < -0.3 is 5.32 Å². The highest BCUT2D eigenvalue weighted by atomic mass is 32.2. The summed E-state index contributed by atoms with van der Waals surface area (Å²) in [4.78, 5) is 20.3. The van der Waals surface area contributed by atoms with E-state index in [4.69, 9.17) is 4.98 Å². The third kappa shape index (κ3) is 4.56. The number of thiophene rings is 1. The molecule has 0 radical (unpaired) electrons. The maximum Gasteiger partial charge on any atom is 0.225 e. The van der Waals surface area contributed by atoms with Crippen molar-refractivity contribution in [1.82, 2.24) is 4.98 Å². The standard InChI is InChI=1S/C25H24N2OS3/c1-16-11-12-18-21(15-16)31-25(23(18)24-26-19-9-5-6-10-20(19)30-24)27-22(28)13-14-29-17-7-3-2-4-8-17/h2-10,16H,11-15H2,1H3,(H,27,28)/t16-/m0/s1. The van der Waals surface area contributed by atoms with E-state index in [1.54, 1.807) is 34.4 Å². The molecule has 1 N–H and O–H groups in total. The topological polar surface area (TPSA) is 42.0 Å². The zero-order chi connectivity index (χ0) is 21.2. The largest absolute Gasteiger partial charge is 0.317 e. The van der Waals surface area contributed by atoms with Crippen LogP contribution >= 0.6 is 34.4 Å². The molecule has 1 aliphatic carbocycles. The van der Waals surface area contributed by atoms with Gasteiger partial charge in [0.2, 0.25) is 5.91 Å². The number of benzene rings is 2. The van der Waals surface area contributed by atoms with E-state index < -0.39 is 0 Å². The van der Waals surface area contributed by atoms with Crippen LogP contribution in [0.25, 0.3) is 20.8 Å². The van der Waals surface area contributed by atoms with Gasteiger partial charge in [-0.15, -0.1) is 34.4 Å². The SMILES string of the molecule is C[C@H]1CCc2c(sc(NC(=O)CCSc3ccccc3)c2-c2nc3ccccc3s2)C1. The number of rotatable bonds is 6. The molecule has 1 aliphatic rings. The van der Waals surface area contributed by atoms with Gasteiger partial charge in [0.1, 0.15) is 10.0 Å². The summed E-state index contributed by atoms with van der Waals surface area (Å²) in [5, 5.41) is 5.25. The second-order valence-electron chi connectivity index (χ2n) is 8.00. The van der Waals surface area contributed by atoms with Gasteiger partial charge in [-0.25, -0.2) is 4.98 Å². The highest BCUT2D eigenvalue weighted by Crippen LogP contribution is 2.47. The third-order valence-corrected chi connectivity index (χ3v) is 8.85. The number of anilines is 1. The van der Waals surface area contributed by atoms with Gasteiger partial charge in [-0.3, -0.25) is 4.79 Å². The Kier molecular flexibility index (Phi) is 6.12. The number of fused-ring (bicyclic) bond motifs is 2. The summed E-state index contributed by atoms with van der Waals surface area (Å²) in [6, 6.07) is 18.5. The molecule has 0 bridgehead atoms. The van der Waals surface area contributed by atoms with Crippen LogP contribution in [0.5, 0.6) is 0 Å². The van der Waals surface area contributed by atoms with Crippen LogP contribution in [-0.2, 0) is 17.6 Å². The molecule has 2 aromatic heterocycles. The minimum absolute atomic E-state index is 0.0810. The molecule has 1 atom stereocenters.